The predicted molar refractivity (Wildman–Crippen MR) is 66.4 cm³/mol. The minimum absolute atomic E-state index is 0.00437. The average molecular weight is 266 g/mol. The Labute approximate surface area is 106 Å². The zero-order chi connectivity index (χ0) is 13.3. The number of nitrogens with zero attached hydrogens (tertiary/aromatic N) is 4. The summed E-state index contributed by atoms with van der Waals surface area (Å²) < 4.78 is 24.8. The number of hydrogen-bond donors (Lipinski definition) is 0. The highest BCUT2D eigenvalue weighted by atomic mass is 32.2. The second-order valence-corrected chi connectivity index (χ2v) is 6.20. The summed E-state index contributed by atoms with van der Waals surface area (Å²) in [7, 11) is -3.31. The maximum absolute atomic E-state index is 11.6. The van der Waals surface area contributed by atoms with E-state index in [0.717, 1.165) is 11.4 Å². The first-order valence-electron chi connectivity index (χ1n) is 5.54. The third-order valence-electron chi connectivity index (χ3n) is 2.55. The number of aromatic nitrogens is 4. The van der Waals surface area contributed by atoms with Crippen LogP contribution >= 0.6 is 0 Å². The molecule has 2 aromatic rings. The SMILES string of the molecule is CCS(=O)(=O)c1ccc(-n2nc(C)cc2C)nn1. The first-order chi connectivity index (χ1) is 8.44. The summed E-state index contributed by atoms with van der Waals surface area (Å²) in [6.07, 6.45) is 0. The molecule has 0 spiro atoms. The van der Waals surface area contributed by atoms with Crippen molar-refractivity contribution in [3.05, 3.63) is 29.6 Å². The van der Waals surface area contributed by atoms with E-state index in [4.69, 9.17) is 0 Å². The van der Waals surface area contributed by atoms with Gasteiger partial charge < -0.3 is 0 Å². The molecule has 6 nitrogen and oxygen atoms in total. The number of sulfone groups is 1. The Bertz CT molecular complexity index is 659. The van der Waals surface area contributed by atoms with Crippen molar-refractivity contribution in [1.82, 2.24) is 20.0 Å². The van der Waals surface area contributed by atoms with Crippen molar-refractivity contribution in [2.75, 3.05) is 5.75 Å². The Morgan fingerprint density at radius 3 is 2.39 bits per heavy atom. The van der Waals surface area contributed by atoms with Crippen LogP contribution in [0.15, 0.2) is 23.2 Å². The van der Waals surface area contributed by atoms with Gasteiger partial charge in [-0.15, -0.1) is 10.2 Å². The lowest BCUT2D eigenvalue weighted by atomic mass is 10.4. The first kappa shape index (κ1) is 12.7. The summed E-state index contributed by atoms with van der Waals surface area (Å²) in [6.45, 7) is 5.36. The fourth-order valence-electron chi connectivity index (χ4n) is 1.60. The van der Waals surface area contributed by atoms with Gasteiger partial charge in [0.05, 0.1) is 11.4 Å². The van der Waals surface area contributed by atoms with Crippen molar-refractivity contribution in [3.8, 4) is 5.82 Å². The smallest absolute Gasteiger partial charge is 0.197 e. The average Bonchev–Trinajstić information content (AvgIpc) is 2.69. The second-order valence-electron chi connectivity index (χ2n) is 3.97. The van der Waals surface area contributed by atoms with E-state index in [0.29, 0.717) is 5.82 Å². The topological polar surface area (TPSA) is 77.7 Å². The summed E-state index contributed by atoms with van der Waals surface area (Å²) in [4.78, 5) is 0. The molecule has 0 saturated carbocycles. The molecule has 0 bridgehead atoms. The summed E-state index contributed by atoms with van der Waals surface area (Å²) in [6, 6.07) is 4.98. The molecule has 2 heterocycles. The Kier molecular flexibility index (Phi) is 3.16. The molecule has 0 unspecified atom stereocenters. The lowest BCUT2D eigenvalue weighted by Crippen LogP contribution is -2.09. The van der Waals surface area contributed by atoms with Crippen LogP contribution in [0, 0.1) is 13.8 Å². The highest BCUT2D eigenvalue weighted by Gasteiger charge is 2.14. The van der Waals surface area contributed by atoms with Gasteiger partial charge in [0.25, 0.3) is 0 Å². The summed E-state index contributed by atoms with van der Waals surface area (Å²) in [5.41, 5.74) is 1.80. The third-order valence-corrected chi connectivity index (χ3v) is 4.17. The van der Waals surface area contributed by atoms with E-state index in [1.165, 1.54) is 6.07 Å². The van der Waals surface area contributed by atoms with E-state index in [1.54, 1.807) is 17.7 Å². The van der Waals surface area contributed by atoms with Crippen molar-refractivity contribution in [1.29, 1.82) is 0 Å². The minimum Gasteiger partial charge on any atom is -0.222 e. The van der Waals surface area contributed by atoms with Gasteiger partial charge in [0.1, 0.15) is 0 Å². The molecular formula is C11H14N4O2S. The molecule has 0 atom stereocenters. The zero-order valence-electron chi connectivity index (χ0n) is 10.5. The molecular weight excluding hydrogens is 252 g/mol. The molecule has 96 valence electrons. The minimum atomic E-state index is -3.31. The van der Waals surface area contributed by atoms with Crippen molar-refractivity contribution in [3.63, 3.8) is 0 Å². The standard InChI is InChI=1S/C11H14N4O2S/c1-4-18(16,17)11-6-5-10(12-13-11)15-9(3)7-8(2)14-15/h5-7H,4H2,1-3H3. The molecule has 0 aromatic carbocycles. The maximum atomic E-state index is 11.6. The quantitative estimate of drug-likeness (QED) is 0.830. The Morgan fingerprint density at radius 2 is 1.94 bits per heavy atom. The monoisotopic (exact) mass is 266 g/mol. The van der Waals surface area contributed by atoms with E-state index in [9.17, 15) is 8.42 Å². The van der Waals surface area contributed by atoms with E-state index < -0.39 is 9.84 Å². The molecule has 18 heavy (non-hydrogen) atoms. The zero-order valence-corrected chi connectivity index (χ0v) is 11.3. The largest absolute Gasteiger partial charge is 0.222 e. The molecule has 0 aliphatic rings. The molecule has 0 amide bonds. The number of hydrogen-bond acceptors (Lipinski definition) is 5. The third kappa shape index (κ3) is 2.26. The molecule has 0 radical (unpaired) electrons. The van der Waals surface area contributed by atoms with E-state index in [-0.39, 0.29) is 10.8 Å². The van der Waals surface area contributed by atoms with Crippen LogP contribution in [0.5, 0.6) is 0 Å². The molecule has 0 aliphatic heterocycles. The number of aryl methyl sites for hydroxylation is 2. The van der Waals surface area contributed by atoms with Crippen LogP contribution in [0.1, 0.15) is 18.3 Å². The molecule has 7 heteroatoms. The molecule has 0 aliphatic carbocycles. The van der Waals surface area contributed by atoms with E-state index in [2.05, 4.69) is 15.3 Å². The van der Waals surface area contributed by atoms with Crippen molar-refractivity contribution in [2.45, 2.75) is 25.8 Å². The van der Waals surface area contributed by atoms with Crippen LogP contribution in [0.2, 0.25) is 0 Å². The summed E-state index contributed by atoms with van der Waals surface area (Å²) >= 11 is 0. The van der Waals surface area contributed by atoms with Crippen LogP contribution in [-0.4, -0.2) is 34.1 Å². The Balaban J connectivity index is 2.42. The highest BCUT2D eigenvalue weighted by Crippen LogP contribution is 2.11. The number of rotatable bonds is 3. The van der Waals surface area contributed by atoms with Crippen LogP contribution in [0.25, 0.3) is 5.82 Å². The van der Waals surface area contributed by atoms with Crippen molar-refractivity contribution >= 4 is 9.84 Å². The van der Waals surface area contributed by atoms with Crippen LogP contribution in [0.3, 0.4) is 0 Å². The normalized spacial score (nSPS) is 11.7. The summed E-state index contributed by atoms with van der Waals surface area (Å²) in [5, 5.41) is 11.9. The first-order valence-corrected chi connectivity index (χ1v) is 7.19. The predicted octanol–water partition coefficient (Wildman–Crippen LogP) is 1.07. The van der Waals surface area contributed by atoms with E-state index in [1.807, 2.05) is 19.9 Å². The maximum Gasteiger partial charge on any atom is 0.197 e. The van der Waals surface area contributed by atoms with Gasteiger partial charge in [-0.25, -0.2) is 13.1 Å². The lowest BCUT2D eigenvalue weighted by Gasteiger charge is -2.03. The van der Waals surface area contributed by atoms with Crippen molar-refractivity contribution in [2.24, 2.45) is 0 Å². The molecule has 0 N–H and O–H groups in total. The molecule has 0 fully saturated rings. The summed E-state index contributed by atoms with van der Waals surface area (Å²) in [5.74, 6) is 0.525. The van der Waals surface area contributed by atoms with Gasteiger partial charge >= 0.3 is 0 Å². The Hall–Kier alpha value is -1.76. The van der Waals surface area contributed by atoms with Crippen molar-refractivity contribution < 1.29 is 8.42 Å². The van der Waals surface area contributed by atoms with Crippen LogP contribution < -0.4 is 0 Å². The van der Waals surface area contributed by atoms with Gasteiger partial charge in [-0.1, -0.05) is 6.92 Å². The fourth-order valence-corrected chi connectivity index (χ4v) is 2.34. The Morgan fingerprint density at radius 1 is 1.22 bits per heavy atom. The lowest BCUT2D eigenvalue weighted by molar-refractivity contribution is 0.590. The fraction of sp³-hybridized carbons (Fsp3) is 0.364. The van der Waals surface area contributed by atoms with Crippen LogP contribution in [0.4, 0.5) is 0 Å². The highest BCUT2D eigenvalue weighted by molar-refractivity contribution is 7.91. The van der Waals surface area contributed by atoms with Gasteiger partial charge in [0, 0.05) is 5.69 Å². The second kappa shape index (κ2) is 4.49. The molecule has 2 aromatic heterocycles. The van der Waals surface area contributed by atoms with Crippen LogP contribution in [-0.2, 0) is 9.84 Å². The van der Waals surface area contributed by atoms with Gasteiger partial charge in [-0.05, 0) is 32.0 Å². The molecule has 2 rings (SSSR count). The van der Waals surface area contributed by atoms with Gasteiger partial charge in [-0.3, -0.25) is 0 Å². The van der Waals surface area contributed by atoms with Gasteiger partial charge in [0.2, 0.25) is 0 Å². The van der Waals surface area contributed by atoms with Gasteiger partial charge in [0.15, 0.2) is 20.7 Å². The van der Waals surface area contributed by atoms with Gasteiger partial charge in [-0.2, -0.15) is 5.10 Å². The molecule has 0 saturated heterocycles. The van der Waals surface area contributed by atoms with E-state index >= 15 is 0 Å².